The summed E-state index contributed by atoms with van der Waals surface area (Å²) in [6.45, 7) is 6.71. The summed E-state index contributed by atoms with van der Waals surface area (Å²) >= 11 is 0. The molecule has 0 atom stereocenters. The first-order chi connectivity index (χ1) is 10.3. The van der Waals surface area contributed by atoms with Crippen LogP contribution < -0.4 is 16.0 Å². The fourth-order valence-electron chi connectivity index (χ4n) is 1.56. The van der Waals surface area contributed by atoms with Gasteiger partial charge in [0.05, 0.1) is 13.2 Å². The Bertz CT molecular complexity index is 510. The first-order valence-corrected chi connectivity index (χ1v) is 7.24. The summed E-state index contributed by atoms with van der Waals surface area (Å²) in [7, 11) is 1.59. The standard InChI is InChI=1S/C16H25N3O3/c1-16(2,3)15(21)19-13-7-5-6-12(10-13)18-11-14(20)17-8-9-22-4/h5-7,10,18H,8-9,11H2,1-4H3,(H,17,20)(H,19,21). The highest BCUT2D eigenvalue weighted by atomic mass is 16.5. The maximum absolute atomic E-state index is 12.0. The largest absolute Gasteiger partial charge is 0.383 e. The van der Waals surface area contributed by atoms with Crippen LogP contribution in [-0.4, -0.2) is 38.6 Å². The monoisotopic (exact) mass is 307 g/mol. The van der Waals surface area contributed by atoms with Gasteiger partial charge in [0, 0.05) is 30.4 Å². The molecule has 22 heavy (non-hydrogen) atoms. The van der Waals surface area contributed by atoms with Crippen LogP contribution in [0, 0.1) is 5.41 Å². The SMILES string of the molecule is COCCNC(=O)CNc1cccc(NC(=O)C(C)(C)C)c1. The Morgan fingerprint density at radius 1 is 1.18 bits per heavy atom. The van der Waals surface area contributed by atoms with Gasteiger partial charge in [-0.2, -0.15) is 0 Å². The van der Waals surface area contributed by atoms with E-state index in [9.17, 15) is 9.59 Å². The molecule has 1 aromatic rings. The third-order valence-corrected chi connectivity index (χ3v) is 2.88. The molecule has 0 spiro atoms. The van der Waals surface area contributed by atoms with Crippen LogP contribution in [0.25, 0.3) is 0 Å². The van der Waals surface area contributed by atoms with Gasteiger partial charge in [0.15, 0.2) is 0 Å². The normalized spacial score (nSPS) is 10.9. The zero-order valence-electron chi connectivity index (χ0n) is 13.7. The van der Waals surface area contributed by atoms with Crippen LogP contribution in [0.5, 0.6) is 0 Å². The summed E-state index contributed by atoms with van der Waals surface area (Å²) in [5, 5.41) is 8.60. The third kappa shape index (κ3) is 6.58. The smallest absolute Gasteiger partial charge is 0.239 e. The summed E-state index contributed by atoms with van der Waals surface area (Å²) in [6, 6.07) is 7.28. The van der Waals surface area contributed by atoms with Gasteiger partial charge in [-0.3, -0.25) is 9.59 Å². The van der Waals surface area contributed by atoms with Crippen LogP contribution in [-0.2, 0) is 14.3 Å². The minimum absolute atomic E-state index is 0.0537. The average Bonchev–Trinajstić information content (AvgIpc) is 2.45. The van der Waals surface area contributed by atoms with Crippen molar-refractivity contribution in [1.29, 1.82) is 0 Å². The molecule has 0 fully saturated rings. The van der Waals surface area contributed by atoms with E-state index in [-0.39, 0.29) is 18.4 Å². The molecular weight excluding hydrogens is 282 g/mol. The van der Waals surface area contributed by atoms with Gasteiger partial charge < -0.3 is 20.7 Å². The number of hydrogen-bond acceptors (Lipinski definition) is 4. The number of carbonyl (C=O) groups excluding carboxylic acids is 2. The maximum Gasteiger partial charge on any atom is 0.239 e. The zero-order chi connectivity index (χ0) is 16.6. The van der Waals surface area contributed by atoms with Crippen LogP contribution in [0.1, 0.15) is 20.8 Å². The number of nitrogens with one attached hydrogen (secondary N) is 3. The third-order valence-electron chi connectivity index (χ3n) is 2.88. The molecule has 0 aliphatic carbocycles. The highest BCUT2D eigenvalue weighted by molar-refractivity contribution is 5.95. The van der Waals surface area contributed by atoms with Gasteiger partial charge in [0.1, 0.15) is 0 Å². The predicted molar refractivity (Wildman–Crippen MR) is 87.9 cm³/mol. The number of amides is 2. The van der Waals surface area contributed by atoms with E-state index in [4.69, 9.17) is 4.74 Å². The fraction of sp³-hybridized carbons (Fsp3) is 0.500. The molecule has 1 rings (SSSR count). The van der Waals surface area contributed by atoms with Crippen molar-refractivity contribution in [1.82, 2.24) is 5.32 Å². The predicted octanol–water partition coefficient (Wildman–Crippen LogP) is 1.85. The summed E-state index contributed by atoms with van der Waals surface area (Å²) < 4.78 is 4.86. The summed E-state index contributed by atoms with van der Waals surface area (Å²) in [4.78, 5) is 23.5. The van der Waals surface area contributed by atoms with Gasteiger partial charge in [0.2, 0.25) is 11.8 Å². The van der Waals surface area contributed by atoms with Crippen molar-refractivity contribution in [3.8, 4) is 0 Å². The molecule has 1 aromatic carbocycles. The van der Waals surface area contributed by atoms with E-state index >= 15 is 0 Å². The number of ether oxygens (including phenoxy) is 1. The molecule has 2 amide bonds. The van der Waals surface area contributed by atoms with Gasteiger partial charge in [-0.25, -0.2) is 0 Å². The lowest BCUT2D eigenvalue weighted by Gasteiger charge is -2.18. The Balaban J connectivity index is 2.51. The quantitative estimate of drug-likeness (QED) is 0.672. The number of anilines is 2. The van der Waals surface area contributed by atoms with Crippen LogP contribution in [0.4, 0.5) is 11.4 Å². The Morgan fingerprint density at radius 3 is 2.50 bits per heavy atom. The van der Waals surface area contributed by atoms with E-state index in [0.29, 0.717) is 18.8 Å². The number of hydrogen-bond donors (Lipinski definition) is 3. The molecule has 0 heterocycles. The molecule has 122 valence electrons. The van der Waals surface area contributed by atoms with Crippen molar-refractivity contribution in [3.63, 3.8) is 0 Å². The minimum atomic E-state index is -0.454. The molecule has 0 aliphatic heterocycles. The van der Waals surface area contributed by atoms with Gasteiger partial charge in [-0.15, -0.1) is 0 Å². The molecule has 3 N–H and O–H groups in total. The molecule has 6 heteroatoms. The maximum atomic E-state index is 12.0. The molecule has 0 aliphatic rings. The molecule has 0 saturated heterocycles. The molecule has 0 radical (unpaired) electrons. The Kier molecular flexibility index (Phi) is 6.85. The van der Waals surface area contributed by atoms with Crippen molar-refractivity contribution in [2.45, 2.75) is 20.8 Å². The van der Waals surface area contributed by atoms with Gasteiger partial charge in [-0.1, -0.05) is 26.8 Å². The number of carbonyl (C=O) groups is 2. The first-order valence-electron chi connectivity index (χ1n) is 7.24. The molecule has 0 aromatic heterocycles. The van der Waals surface area contributed by atoms with Crippen molar-refractivity contribution in [2.24, 2.45) is 5.41 Å². The van der Waals surface area contributed by atoms with Crippen LogP contribution in [0.2, 0.25) is 0 Å². The summed E-state index contributed by atoms with van der Waals surface area (Å²) in [5.41, 5.74) is 1.02. The first kappa shape index (κ1) is 18.0. The summed E-state index contributed by atoms with van der Waals surface area (Å²) in [5.74, 6) is -0.164. The van der Waals surface area contributed by atoms with E-state index in [1.165, 1.54) is 0 Å². The minimum Gasteiger partial charge on any atom is -0.383 e. The Hall–Kier alpha value is -2.08. The zero-order valence-corrected chi connectivity index (χ0v) is 13.7. The van der Waals surface area contributed by atoms with Crippen LogP contribution in [0.15, 0.2) is 24.3 Å². The van der Waals surface area contributed by atoms with Gasteiger partial charge in [0.25, 0.3) is 0 Å². The van der Waals surface area contributed by atoms with Crippen molar-refractivity contribution >= 4 is 23.2 Å². The topological polar surface area (TPSA) is 79.5 Å². The highest BCUT2D eigenvalue weighted by Gasteiger charge is 2.21. The molecular formula is C16H25N3O3. The second-order valence-corrected chi connectivity index (χ2v) is 5.98. The summed E-state index contributed by atoms with van der Waals surface area (Å²) in [6.07, 6.45) is 0. The van der Waals surface area contributed by atoms with Gasteiger partial charge in [-0.05, 0) is 18.2 Å². The van der Waals surface area contributed by atoms with Gasteiger partial charge >= 0.3 is 0 Å². The lowest BCUT2D eigenvalue weighted by atomic mass is 9.95. The van der Waals surface area contributed by atoms with Crippen LogP contribution >= 0.6 is 0 Å². The molecule has 6 nitrogen and oxygen atoms in total. The molecule has 0 bridgehead atoms. The van der Waals surface area contributed by atoms with Crippen molar-refractivity contribution < 1.29 is 14.3 Å². The van der Waals surface area contributed by atoms with E-state index in [1.807, 2.05) is 39.0 Å². The second kappa shape index (κ2) is 8.38. The number of benzene rings is 1. The van der Waals surface area contributed by atoms with Crippen molar-refractivity contribution in [3.05, 3.63) is 24.3 Å². The second-order valence-electron chi connectivity index (χ2n) is 5.98. The van der Waals surface area contributed by atoms with E-state index in [0.717, 1.165) is 5.69 Å². The Labute approximate surface area is 131 Å². The molecule has 0 saturated carbocycles. The number of methoxy groups -OCH3 is 1. The fourth-order valence-corrected chi connectivity index (χ4v) is 1.56. The Morgan fingerprint density at radius 2 is 1.86 bits per heavy atom. The van der Waals surface area contributed by atoms with E-state index in [1.54, 1.807) is 13.2 Å². The highest BCUT2D eigenvalue weighted by Crippen LogP contribution is 2.19. The van der Waals surface area contributed by atoms with Crippen molar-refractivity contribution in [2.75, 3.05) is 37.4 Å². The van der Waals surface area contributed by atoms with Crippen LogP contribution in [0.3, 0.4) is 0 Å². The van der Waals surface area contributed by atoms with E-state index < -0.39 is 5.41 Å². The molecule has 0 unspecified atom stereocenters. The lowest BCUT2D eigenvalue weighted by Crippen LogP contribution is -2.32. The average molecular weight is 307 g/mol. The lowest BCUT2D eigenvalue weighted by molar-refractivity contribution is -0.123. The number of rotatable bonds is 7. The van der Waals surface area contributed by atoms with E-state index in [2.05, 4.69) is 16.0 Å².